The van der Waals surface area contributed by atoms with Crippen molar-refractivity contribution in [2.45, 2.75) is 33.2 Å². The molecule has 20 heavy (non-hydrogen) atoms. The second-order valence-corrected chi connectivity index (χ2v) is 4.44. The van der Waals surface area contributed by atoms with Gasteiger partial charge in [0, 0.05) is 13.1 Å². The Kier molecular flexibility index (Phi) is 7.47. The molecule has 0 unspecified atom stereocenters. The molecular formula is C15H24FN3O. The molecule has 4 nitrogen and oxygen atoms in total. The highest BCUT2D eigenvalue weighted by Crippen LogP contribution is 2.17. The summed E-state index contributed by atoms with van der Waals surface area (Å²) >= 11 is 0. The first-order valence-electron chi connectivity index (χ1n) is 7.05. The number of methoxy groups -OCH3 is 1. The van der Waals surface area contributed by atoms with Gasteiger partial charge in [-0.05, 0) is 31.0 Å². The largest absolute Gasteiger partial charge is 0.494 e. The Morgan fingerprint density at radius 2 is 2.10 bits per heavy atom. The van der Waals surface area contributed by atoms with Crippen molar-refractivity contribution in [2.24, 2.45) is 4.99 Å². The van der Waals surface area contributed by atoms with Crippen molar-refractivity contribution in [2.75, 3.05) is 20.2 Å². The number of nitrogens with zero attached hydrogens (tertiary/aromatic N) is 1. The maximum absolute atomic E-state index is 13.6. The molecule has 1 aromatic rings. The number of hydrogen-bond donors (Lipinski definition) is 2. The van der Waals surface area contributed by atoms with Crippen molar-refractivity contribution in [3.63, 3.8) is 0 Å². The number of aliphatic imine (C=N–C) groups is 1. The number of benzene rings is 1. The summed E-state index contributed by atoms with van der Waals surface area (Å²) in [7, 11) is 1.46. The third-order valence-electron chi connectivity index (χ3n) is 2.80. The molecule has 5 heteroatoms. The van der Waals surface area contributed by atoms with Gasteiger partial charge in [-0.25, -0.2) is 9.38 Å². The molecule has 1 rings (SSSR count). The molecule has 2 N–H and O–H groups in total. The summed E-state index contributed by atoms with van der Waals surface area (Å²) < 4.78 is 18.5. The third kappa shape index (κ3) is 5.47. The third-order valence-corrected chi connectivity index (χ3v) is 2.80. The lowest BCUT2D eigenvalue weighted by Crippen LogP contribution is -2.37. The second kappa shape index (κ2) is 9.18. The first-order valence-corrected chi connectivity index (χ1v) is 7.05. The molecule has 0 radical (unpaired) electrons. The average molecular weight is 281 g/mol. The van der Waals surface area contributed by atoms with E-state index in [-0.39, 0.29) is 11.6 Å². The highest BCUT2D eigenvalue weighted by atomic mass is 19.1. The van der Waals surface area contributed by atoms with Crippen LogP contribution in [0.4, 0.5) is 4.39 Å². The van der Waals surface area contributed by atoms with Gasteiger partial charge in [0.25, 0.3) is 0 Å². The lowest BCUT2D eigenvalue weighted by Gasteiger charge is -2.11. The Labute approximate surface area is 120 Å². The van der Waals surface area contributed by atoms with Crippen LogP contribution in [0.2, 0.25) is 0 Å². The fourth-order valence-electron chi connectivity index (χ4n) is 1.70. The molecule has 112 valence electrons. The SMILES string of the molecule is CCCCNC(=NCc1ccc(OC)c(F)c1)NCC. The molecule has 0 saturated carbocycles. The predicted molar refractivity (Wildman–Crippen MR) is 80.7 cm³/mol. The van der Waals surface area contributed by atoms with Crippen LogP contribution in [-0.2, 0) is 6.54 Å². The quantitative estimate of drug-likeness (QED) is 0.459. The van der Waals surface area contributed by atoms with Gasteiger partial charge in [-0.15, -0.1) is 0 Å². The fraction of sp³-hybridized carbons (Fsp3) is 0.533. The molecule has 0 atom stereocenters. The van der Waals surface area contributed by atoms with Crippen molar-refractivity contribution in [1.82, 2.24) is 10.6 Å². The van der Waals surface area contributed by atoms with E-state index in [1.54, 1.807) is 6.07 Å². The van der Waals surface area contributed by atoms with Crippen LogP contribution >= 0.6 is 0 Å². The van der Waals surface area contributed by atoms with Crippen molar-refractivity contribution in [1.29, 1.82) is 0 Å². The summed E-state index contributed by atoms with van der Waals surface area (Å²) in [6.45, 7) is 6.28. The maximum Gasteiger partial charge on any atom is 0.191 e. The number of ether oxygens (including phenoxy) is 1. The van der Waals surface area contributed by atoms with E-state index in [9.17, 15) is 4.39 Å². The van der Waals surface area contributed by atoms with Crippen molar-refractivity contribution in [3.8, 4) is 5.75 Å². The summed E-state index contributed by atoms with van der Waals surface area (Å²) in [4.78, 5) is 4.44. The Balaban J connectivity index is 2.63. The lowest BCUT2D eigenvalue weighted by atomic mass is 10.2. The topological polar surface area (TPSA) is 45.7 Å². The summed E-state index contributed by atoms with van der Waals surface area (Å²) in [5.74, 6) is 0.659. The fourth-order valence-corrected chi connectivity index (χ4v) is 1.70. The van der Waals surface area contributed by atoms with Crippen LogP contribution in [0.5, 0.6) is 5.75 Å². The van der Waals surface area contributed by atoms with E-state index in [0.717, 1.165) is 37.5 Å². The van der Waals surface area contributed by atoms with E-state index in [1.807, 2.05) is 13.0 Å². The summed E-state index contributed by atoms with van der Waals surface area (Å²) in [6, 6.07) is 4.90. The van der Waals surface area contributed by atoms with Crippen molar-refractivity contribution < 1.29 is 9.13 Å². The van der Waals surface area contributed by atoms with Crippen LogP contribution in [0, 0.1) is 5.82 Å². The molecule has 0 bridgehead atoms. The van der Waals surface area contributed by atoms with Crippen LogP contribution in [0.1, 0.15) is 32.3 Å². The van der Waals surface area contributed by atoms with E-state index < -0.39 is 0 Å². The first-order chi connectivity index (χ1) is 9.71. The molecule has 0 aliphatic rings. The molecule has 0 aliphatic carbocycles. The predicted octanol–water partition coefficient (Wildman–Crippen LogP) is 2.69. The summed E-state index contributed by atoms with van der Waals surface area (Å²) in [6.07, 6.45) is 2.23. The molecule has 0 aliphatic heterocycles. The Morgan fingerprint density at radius 1 is 1.30 bits per heavy atom. The standard InChI is InChI=1S/C15H24FN3O/c1-4-6-9-18-15(17-5-2)19-11-12-7-8-14(20-3)13(16)10-12/h7-8,10H,4-6,9,11H2,1-3H3,(H2,17,18,19). The van der Waals surface area contributed by atoms with Gasteiger partial charge in [-0.3, -0.25) is 0 Å². The molecule has 0 fully saturated rings. The van der Waals surface area contributed by atoms with Gasteiger partial charge in [0.05, 0.1) is 13.7 Å². The number of halogens is 1. The van der Waals surface area contributed by atoms with Gasteiger partial charge in [-0.1, -0.05) is 19.4 Å². The molecule has 0 spiro atoms. The number of guanidine groups is 1. The highest BCUT2D eigenvalue weighted by molar-refractivity contribution is 5.79. The number of hydrogen-bond acceptors (Lipinski definition) is 2. The molecular weight excluding hydrogens is 257 g/mol. The van der Waals surface area contributed by atoms with Crippen LogP contribution in [-0.4, -0.2) is 26.2 Å². The Morgan fingerprint density at radius 3 is 2.70 bits per heavy atom. The Hall–Kier alpha value is -1.78. The minimum atomic E-state index is -0.357. The average Bonchev–Trinajstić information content (AvgIpc) is 2.45. The lowest BCUT2D eigenvalue weighted by molar-refractivity contribution is 0.386. The molecule has 0 heterocycles. The highest BCUT2D eigenvalue weighted by Gasteiger charge is 2.03. The zero-order valence-corrected chi connectivity index (χ0v) is 12.5. The number of rotatable bonds is 7. The van der Waals surface area contributed by atoms with Crippen LogP contribution < -0.4 is 15.4 Å². The van der Waals surface area contributed by atoms with E-state index in [0.29, 0.717) is 6.54 Å². The van der Waals surface area contributed by atoms with Crippen LogP contribution in [0.3, 0.4) is 0 Å². The van der Waals surface area contributed by atoms with Crippen molar-refractivity contribution >= 4 is 5.96 Å². The van der Waals surface area contributed by atoms with Crippen LogP contribution in [0.25, 0.3) is 0 Å². The normalized spacial score (nSPS) is 11.3. The minimum Gasteiger partial charge on any atom is -0.494 e. The molecule has 1 aromatic carbocycles. The smallest absolute Gasteiger partial charge is 0.191 e. The van der Waals surface area contributed by atoms with E-state index >= 15 is 0 Å². The van der Waals surface area contributed by atoms with Crippen molar-refractivity contribution in [3.05, 3.63) is 29.6 Å². The van der Waals surface area contributed by atoms with Crippen LogP contribution in [0.15, 0.2) is 23.2 Å². The van der Waals surface area contributed by atoms with Gasteiger partial charge in [0.1, 0.15) is 0 Å². The van der Waals surface area contributed by atoms with Gasteiger partial charge in [-0.2, -0.15) is 0 Å². The zero-order chi connectivity index (χ0) is 14.8. The van der Waals surface area contributed by atoms with Gasteiger partial charge >= 0.3 is 0 Å². The summed E-state index contributed by atoms with van der Waals surface area (Å²) in [5.41, 5.74) is 0.816. The van der Waals surface area contributed by atoms with Gasteiger partial charge in [0.2, 0.25) is 0 Å². The van der Waals surface area contributed by atoms with Gasteiger partial charge in [0.15, 0.2) is 17.5 Å². The Bertz CT molecular complexity index is 435. The molecule has 0 aromatic heterocycles. The summed E-state index contributed by atoms with van der Waals surface area (Å²) in [5, 5.41) is 6.42. The van der Waals surface area contributed by atoms with E-state index in [1.165, 1.54) is 13.2 Å². The maximum atomic E-state index is 13.6. The zero-order valence-electron chi connectivity index (χ0n) is 12.5. The van der Waals surface area contributed by atoms with E-state index in [4.69, 9.17) is 4.74 Å². The molecule has 0 saturated heterocycles. The monoisotopic (exact) mass is 281 g/mol. The minimum absolute atomic E-state index is 0.255. The number of nitrogens with one attached hydrogen (secondary N) is 2. The first kappa shape index (κ1) is 16.3. The molecule has 0 amide bonds. The van der Waals surface area contributed by atoms with E-state index in [2.05, 4.69) is 22.5 Å². The van der Waals surface area contributed by atoms with Gasteiger partial charge < -0.3 is 15.4 Å². The number of unbranched alkanes of at least 4 members (excludes halogenated alkanes) is 1. The second-order valence-electron chi connectivity index (χ2n) is 4.44.